The van der Waals surface area contributed by atoms with E-state index in [0.29, 0.717) is 6.04 Å². The third kappa shape index (κ3) is 3.28. The van der Waals surface area contributed by atoms with Gasteiger partial charge in [-0.1, -0.05) is 25.7 Å². The molecule has 0 aromatic heterocycles. The Bertz CT molecular complexity index is 157. The summed E-state index contributed by atoms with van der Waals surface area (Å²) in [5.41, 5.74) is 0. The Morgan fingerprint density at radius 2 is 2.17 bits per heavy atom. The largest absolute Gasteiger partial charge is 0.303 e. The van der Waals surface area contributed by atoms with Crippen molar-refractivity contribution in [3.63, 3.8) is 0 Å². The second-order valence-electron chi connectivity index (χ2n) is 3.90. The Morgan fingerprint density at radius 3 is 2.92 bits per heavy atom. The molecule has 1 saturated carbocycles. The molecule has 0 heterocycles. The smallest absolute Gasteiger partial charge is 0.0575 e. The van der Waals surface area contributed by atoms with Crippen molar-refractivity contribution in [2.75, 3.05) is 6.54 Å². The summed E-state index contributed by atoms with van der Waals surface area (Å²) in [6.07, 6.45) is 11.9. The molecule has 1 heteroatoms. The standard InChI is InChI=1S/C11H19N/c1-3-9-12-11-6-4-5-10(2)7-8-11/h1,10-12H,4-9H2,2H3. The minimum Gasteiger partial charge on any atom is -0.303 e. The predicted molar refractivity (Wildman–Crippen MR) is 52.9 cm³/mol. The van der Waals surface area contributed by atoms with E-state index < -0.39 is 0 Å². The Balaban J connectivity index is 2.22. The van der Waals surface area contributed by atoms with Crippen LogP contribution >= 0.6 is 0 Å². The minimum atomic E-state index is 0.686. The highest BCUT2D eigenvalue weighted by atomic mass is 14.9. The van der Waals surface area contributed by atoms with E-state index in [2.05, 4.69) is 18.2 Å². The van der Waals surface area contributed by atoms with Crippen LogP contribution in [0.3, 0.4) is 0 Å². The normalized spacial score (nSPS) is 30.7. The molecule has 12 heavy (non-hydrogen) atoms. The van der Waals surface area contributed by atoms with Crippen LogP contribution in [0.15, 0.2) is 0 Å². The lowest BCUT2D eigenvalue weighted by atomic mass is 10.0. The van der Waals surface area contributed by atoms with Crippen molar-refractivity contribution in [2.45, 2.75) is 45.1 Å². The van der Waals surface area contributed by atoms with Gasteiger partial charge in [0.2, 0.25) is 0 Å². The van der Waals surface area contributed by atoms with Crippen molar-refractivity contribution in [1.82, 2.24) is 5.32 Å². The zero-order chi connectivity index (χ0) is 8.81. The first-order chi connectivity index (χ1) is 5.83. The molecule has 1 nitrogen and oxygen atoms in total. The van der Waals surface area contributed by atoms with Crippen molar-refractivity contribution in [2.24, 2.45) is 5.92 Å². The molecular formula is C11H19N. The summed E-state index contributed by atoms with van der Waals surface area (Å²) in [5.74, 6) is 3.55. The topological polar surface area (TPSA) is 12.0 Å². The maximum atomic E-state index is 5.20. The molecular weight excluding hydrogens is 146 g/mol. The lowest BCUT2D eigenvalue weighted by Gasteiger charge is -2.13. The molecule has 0 aromatic carbocycles. The number of hydrogen-bond donors (Lipinski definition) is 1. The van der Waals surface area contributed by atoms with Crippen molar-refractivity contribution in [3.8, 4) is 12.3 Å². The molecule has 0 radical (unpaired) electrons. The number of hydrogen-bond acceptors (Lipinski definition) is 1. The fraction of sp³-hybridized carbons (Fsp3) is 0.818. The summed E-state index contributed by atoms with van der Waals surface area (Å²) in [4.78, 5) is 0. The van der Waals surface area contributed by atoms with Crippen LogP contribution in [0.4, 0.5) is 0 Å². The van der Waals surface area contributed by atoms with E-state index in [1.807, 2.05) is 0 Å². The van der Waals surface area contributed by atoms with E-state index in [-0.39, 0.29) is 0 Å². The van der Waals surface area contributed by atoms with E-state index >= 15 is 0 Å². The van der Waals surface area contributed by atoms with Gasteiger partial charge in [0.05, 0.1) is 6.54 Å². The van der Waals surface area contributed by atoms with E-state index in [9.17, 15) is 0 Å². The summed E-state index contributed by atoms with van der Waals surface area (Å²) < 4.78 is 0. The number of rotatable bonds is 2. The summed E-state index contributed by atoms with van der Waals surface area (Å²) in [6, 6.07) is 0.686. The summed E-state index contributed by atoms with van der Waals surface area (Å²) in [7, 11) is 0. The quantitative estimate of drug-likeness (QED) is 0.488. The van der Waals surface area contributed by atoms with Gasteiger partial charge in [-0.15, -0.1) is 6.42 Å². The highest BCUT2D eigenvalue weighted by Crippen LogP contribution is 2.22. The molecule has 0 saturated heterocycles. The van der Waals surface area contributed by atoms with Crippen LogP contribution < -0.4 is 5.32 Å². The second kappa shape index (κ2) is 5.22. The Hall–Kier alpha value is -0.480. The highest BCUT2D eigenvalue weighted by molar-refractivity contribution is 4.88. The average Bonchev–Trinajstić information content (AvgIpc) is 2.27. The van der Waals surface area contributed by atoms with E-state index in [1.165, 1.54) is 32.1 Å². The third-order valence-corrected chi connectivity index (χ3v) is 2.75. The van der Waals surface area contributed by atoms with E-state index in [0.717, 1.165) is 12.5 Å². The lowest BCUT2D eigenvalue weighted by molar-refractivity contribution is 0.466. The van der Waals surface area contributed by atoms with Gasteiger partial charge in [0.1, 0.15) is 0 Å². The molecule has 0 aromatic rings. The van der Waals surface area contributed by atoms with Crippen LogP contribution in [0.2, 0.25) is 0 Å². The maximum absolute atomic E-state index is 5.20. The molecule has 0 aliphatic heterocycles. The van der Waals surface area contributed by atoms with Gasteiger partial charge in [0, 0.05) is 6.04 Å². The van der Waals surface area contributed by atoms with Crippen LogP contribution in [0, 0.1) is 18.3 Å². The first-order valence-electron chi connectivity index (χ1n) is 4.99. The van der Waals surface area contributed by atoms with Gasteiger partial charge in [-0.05, 0) is 25.2 Å². The molecule has 2 atom stereocenters. The fourth-order valence-corrected chi connectivity index (χ4v) is 1.89. The highest BCUT2D eigenvalue weighted by Gasteiger charge is 2.14. The Labute approximate surface area is 75.9 Å². The van der Waals surface area contributed by atoms with Gasteiger partial charge in [0.15, 0.2) is 0 Å². The van der Waals surface area contributed by atoms with E-state index in [4.69, 9.17) is 6.42 Å². The zero-order valence-electron chi connectivity index (χ0n) is 7.97. The minimum absolute atomic E-state index is 0.686. The van der Waals surface area contributed by atoms with Crippen LogP contribution in [0.25, 0.3) is 0 Å². The molecule has 2 unspecified atom stereocenters. The second-order valence-corrected chi connectivity index (χ2v) is 3.90. The third-order valence-electron chi connectivity index (χ3n) is 2.75. The van der Waals surface area contributed by atoms with Gasteiger partial charge in [-0.25, -0.2) is 0 Å². The van der Waals surface area contributed by atoms with Crippen molar-refractivity contribution >= 4 is 0 Å². The van der Waals surface area contributed by atoms with Gasteiger partial charge >= 0.3 is 0 Å². The predicted octanol–water partition coefficient (Wildman–Crippen LogP) is 2.18. The first-order valence-corrected chi connectivity index (χ1v) is 4.99. The van der Waals surface area contributed by atoms with Crippen LogP contribution in [-0.2, 0) is 0 Å². The Kier molecular flexibility index (Phi) is 4.18. The lowest BCUT2D eigenvalue weighted by Crippen LogP contribution is -2.28. The van der Waals surface area contributed by atoms with Crippen molar-refractivity contribution in [3.05, 3.63) is 0 Å². The molecule has 0 bridgehead atoms. The molecule has 1 aliphatic rings. The van der Waals surface area contributed by atoms with E-state index in [1.54, 1.807) is 0 Å². The number of nitrogens with one attached hydrogen (secondary N) is 1. The van der Waals surface area contributed by atoms with Gasteiger partial charge in [0.25, 0.3) is 0 Å². The molecule has 0 amide bonds. The molecule has 1 aliphatic carbocycles. The summed E-state index contributed by atoms with van der Waals surface area (Å²) >= 11 is 0. The van der Waals surface area contributed by atoms with Gasteiger partial charge in [-0.3, -0.25) is 0 Å². The fourth-order valence-electron chi connectivity index (χ4n) is 1.89. The monoisotopic (exact) mass is 165 g/mol. The summed E-state index contributed by atoms with van der Waals surface area (Å²) in [5, 5.41) is 3.40. The molecule has 1 N–H and O–H groups in total. The number of terminal acetylenes is 1. The molecule has 68 valence electrons. The van der Waals surface area contributed by atoms with Gasteiger partial charge < -0.3 is 5.32 Å². The first kappa shape index (κ1) is 9.61. The SMILES string of the molecule is C#CCNC1CCCC(C)CC1. The van der Waals surface area contributed by atoms with Crippen LogP contribution in [0.1, 0.15) is 39.0 Å². The van der Waals surface area contributed by atoms with Crippen LogP contribution in [-0.4, -0.2) is 12.6 Å². The maximum Gasteiger partial charge on any atom is 0.0575 e. The molecule has 0 spiro atoms. The zero-order valence-corrected chi connectivity index (χ0v) is 7.97. The van der Waals surface area contributed by atoms with Gasteiger partial charge in [-0.2, -0.15) is 0 Å². The van der Waals surface area contributed by atoms with Crippen molar-refractivity contribution < 1.29 is 0 Å². The molecule has 1 fully saturated rings. The Morgan fingerprint density at radius 1 is 1.33 bits per heavy atom. The average molecular weight is 165 g/mol. The van der Waals surface area contributed by atoms with Crippen LogP contribution in [0.5, 0.6) is 0 Å². The summed E-state index contributed by atoms with van der Waals surface area (Å²) in [6.45, 7) is 3.09. The molecule has 1 rings (SSSR count). The van der Waals surface area contributed by atoms with Crippen molar-refractivity contribution in [1.29, 1.82) is 0 Å².